The van der Waals surface area contributed by atoms with E-state index >= 15 is 0 Å². The Morgan fingerprint density at radius 2 is 2.19 bits per heavy atom. The van der Waals surface area contributed by atoms with Gasteiger partial charge in [0.05, 0.1) is 16.8 Å². The van der Waals surface area contributed by atoms with Gasteiger partial charge in [-0.1, -0.05) is 11.6 Å². The topological polar surface area (TPSA) is 94.0 Å². The lowest BCUT2D eigenvalue weighted by Crippen LogP contribution is -2.30. The first kappa shape index (κ1) is 10.7. The highest BCUT2D eigenvalue weighted by atomic mass is 35.5. The number of aromatic nitrogens is 1. The number of hydrogen-bond acceptors (Lipinski definition) is 4. The van der Waals surface area contributed by atoms with Crippen molar-refractivity contribution in [1.82, 2.24) is 10.4 Å². The third-order valence-electron chi connectivity index (χ3n) is 2.25. The first-order chi connectivity index (χ1) is 7.63. The molecule has 5 nitrogen and oxygen atoms in total. The van der Waals surface area contributed by atoms with Gasteiger partial charge in [-0.25, -0.2) is 5.84 Å². The van der Waals surface area contributed by atoms with E-state index in [1.807, 2.05) is 5.43 Å². The largest absolute Gasteiger partial charge is 0.397 e. The summed E-state index contributed by atoms with van der Waals surface area (Å²) in [6.07, 6.45) is 1.38. The van der Waals surface area contributed by atoms with Gasteiger partial charge in [-0.05, 0) is 18.2 Å². The zero-order valence-corrected chi connectivity index (χ0v) is 8.95. The van der Waals surface area contributed by atoms with Gasteiger partial charge in [-0.15, -0.1) is 0 Å². The van der Waals surface area contributed by atoms with Gasteiger partial charge in [0.15, 0.2) is 0 Å². The Hall–Kier alpha value is -1.85. The molecule has 16 heavy (non-hydrogen) atoms. The summed E-state index contributed by atoms with van der Waals surface area (Å²) in [7, 11) is 0. The van der Waals surface area contributed by atoms with Crippen LogP contribution < -0.4 is 17.0 Å². The van der Waals surface area contributed by atoms with Gasteiger partial charge in [0.25, 0.3) is 5.91 Å². The van der Waals surface area contributed by atoms with Crippen LogP contribution in [-0.2, 0) is 0 Å². The number of nitrogens with zero attached hydrogens (tertiary/aromatic N) is 1. The van der Waals surface area contributed by atoms with Crippen molar-refractivity contribution < 1.29 is 4.79 Å². The molecule has 0 saturated heterocycles. The number of hydrazine groups is 1. The summed E-state index contributed by atoms with van der Waals surface area (Å²) in [4.78, 5) is 15.5. The van der Waals surface area contributed by atoms with Crippen molar-refractivity contribution in [3.8, 4) is 0 Å². The molecule has 0 atom stereocenters. The molecule has 0 aliphatic heterocycles. The Balaban J connectivity index is 2.72. The van der Waals surface area contributed by atoms with E-state index in [1.54, 1.807) is 18.2 Å². The van der Waals surface area contributed by atoms with Crippen molar-refractivity contribution in [2.24, 2.45) is 5.84 Å². The van der Waals surface area contributed by atoms with Crippen LogP contribution in [0.4, 0.5) is 5.69 Å². The quantitative estimate of drug-likeness (QED) is 0.392. The molecule has 0 bridgehead atoms. The number of anilines is 1. The van der Waals surface area contributed by atoms with E-state index in [9.17, 15) is 4.79 Å². The molecular formula is C10H9ClN4O. The summed E-state index contributed by atoms with van der Waals surface area (Å²) in [5.74, 6) is 4.56. The zero-order chi connectivity index (χ0) is 11.7. The maximum Gasteiger partial charge on any atom is 0.268 e. The smallest absolute Gasteiger partial charge is 0.268 e. The van der Waals surface area contributed by atoms with Gasteiger partial charge in [0.2, 0.25) is 0 Å². The number of nitrogens with two attached hydrogens (primary N) is 2. The molecule has 1 aromatic carbocycles. The first-order valence-corrected chi connectivity index (χ1v) is 4.86. The number of pyridine rings is 1. The molecule has 0 saturated carbocycles. The number of benzene rings is 1. The maximum atomic E-state index is 11.4. The van der Waals surface area contributed by atoms with Crippen LogP contribution in [0.5, 0.6) is 0 Å². The van der Waals surface area contributed by atoms with Gasteiger partial charge >= 0.3 is 0 Å². The predicted molar refractivity (Wildman–Crippen MR) is 62.8 cm³/mol. The monoisotopic (exact) mass is 236 g/mol. The van der Waals surface area contributed by atoms with Crippen molar-refractivity contribution in [3.05, 3.63) is 35.0 Å². The summed E-state index contributed by atoms with van der Waals surface area (Å²) in [5.41, 5.74) is 9.08. The zero-order valence-electron chi connectivity index (χ0n) is 8.20. The van der Waals surface area contributed by atoms with Crippen LogP contribution in [0.3, 0.4) is 0 Å². The van der Waals surface area contributed by atoms with Crippen LogP contribution in [-0.4, -0.2) is 10.9 Å². The highest BCUT2D eigenvalue weighted by Gasteiger charge is 2.12. The minimum atomic E-state index is -0.480. The lowest BCUT2D eigenvalue weighted by molar-refractivity contribution is 0.0954. The summed E-state index contributed by atoms with van der Waals surface area (Å²) in [5, 5.41) is 1.17. The SMILES string of the molecule is NNC(=O)c1cnc2ccc(Cl)cc2c1N. The van der Waals surface area contributed by atoms with E-state index in [-0.39, 0.29) is 5.56 Å². The average Bonchev–Trinajstić information content (AvgIpc) is 2.29. The lowest BCUT2D eigenvalue weighted by Gasteiger charge is -2.07. The molecule has 82 valence electrons. The second-order valence-corrected chi connectivity index (χ2v) is 3.66. The summed E-state index contributed by atoms with van der Waals surface area (Å²) >= 11 is 5.85. The van der Waals surface area contributed by atoms with Crippen molar-refractivity contribution in [3.63, 3.8) is 0 Å². The molecule has 0 spiro atoms. The average molecular weight is 237 g/mol. The van der Waals surface area contributed by atoms with E-state index in [0.717, 1.165) is 0 Å². The number of nitrogen functional groups attached to an aromatic ring is 2. The number of nitrogens with one attached hydrogen (secondary N) is 1. The molecule has 2 rings (SSSR count). The van der Waals surface area contributed by atoms with Crippen molar-refractivity contribution in [2.75, 3.05) is 5.73 Å². The Kier molecular flexibility index (Phi) is 2.64. The number of halogens is 1. The molecule has 0 radical (unpaired) electrons. The molecule has 6 heteroatoms. The number of carbonyl (C=O) groups excluding carboxylic acids is 1. The number of fused-ring (bicyclic) bond motifs is 1. The number of hydrogen-bond donors (Lipinski definition) is 3. The van der Waals surface area contributed by atoms with Crippen LogP contribution >= 0.6 is 11.6 Å². The van der Waals surface area contributed by atoms with E-state index in [4.69, 9.17) is 23.2 Å². The van der Waals surface area contributed by atoms with E-state index < -0.39 is 5.91 Å². The first-order valence-electron chi connectivity index (χ1n) is 4.48. The molecule has 1 aromatic heterocycles. The molecule has 0 unspecified atom stereocenters. The molecule has 2 aromatic rings. The third-order valence-corrected chi connectivity index (χ3v) is 2.48. The predicted octanol–water partition coefficient (Wildman–Crippen LogP) is 1.07. The van der Waals surface area contributed by atoms with Crippen LogP contribution in [0.15, 0.2) is 24.4 Å². The van der Waals surface area contributed by atoms with E-state index in [1.165, 1.54) is 6.20 Å². The van der Waals surface area contributed by atoms with Crippen LogP contribution in [0, 0.1) is 0 Å². The highest BCUT2D eigenvalue weighted by Crippen LogP contribution is 2.25. The van der Waals surface area contributed by atoms with Crippen molar-refractivity contribution in [1.29, 1.82) is 0 Å². The Morgan fingerprint density at radius 3 is 2.88 bits per heavy atom. The minimum Gasteiger partial charge on any atom is -0.397 e. The summed E-state index contributed by atoms with van der Waals surface area (Å²) < 4.78 is 0. The highest BCUT2D eigenvalue weighted by molar-refractivity contribution is 6.31. The van der Waals surface area contributed by atoms with E-state index in [2.05, 4.69) is 4.98 Å². The van der Waals surface area contributed by atoms with Gasteiger partial charge in [-0.2, -0.15) is 0 Å². The van der Waals surface area contributed by atoms with Gasteiger partial charge in [-0.3, -0.25) is 15.2 Å². The number of carbonyl (C=O) groups is 1. The molecule has 0 aliphatic rings. The molecular weight excluding hydrogens is 228 g/mol. The Morgan fingerprint density at radius 1 is 1.44 bits per heavy atom. The van der Waals surface area contributed by atoms with Crippen LogP contribution in [0.1, 0.15) is 10.4 Å². The fourth-order valence-corrected chi connectivity index (χ4v) is 1.62. The van der Waals surface area contributed by atoms with Crippen molar-refractivity contribution in [2.45, 2.75) is 0 Å². The summed E-state index contributed by atoms with van der Waals surface area (Å²) in [6, 6.07) is 5.10. The Labute approximate surface area is 96.4 Å². The Bertz CT molecular complexity index is 570. The third kappa shape index (κ3) is 1.66. The van der Waals surface area contributed by atoms with Crippen molar-refractivity contribution >= 4 is 34.1 Å². The lowest BCUT2D eigenvalue weighted by atomic mass is 10.1. The molecule has 0 fully saturated rings. The second-order valence-electron chi connectivity index (χ2n) is 3.22. The van der Waals surface area contributed by atoms with Crippen LogP contribution in [0.2, 0.25) is 5.02 Å². The fourth-order valence-electron chi connectivity index (χ4n) is 1.44. The standard InChI is InChI=1S/C10H9ClN4O/c11-5-1-2-8-6(3-5)9(12)7(4-14-8)10(16)15-13/h1-4H,13H2,(H2,12,14)(H,15,16). The maximum absolute atomic E-state index is 11.4. The van der Waals surface area contributed by atoms with Gasteiger partial charge in [0.1, 0.15) is 0 Å². The van der Waals surface area contributed by atoms with E-state index in [0.29, 0.717) is 21.6 Å². The molecule has 1 heterocycles. The van der Waals surface area contributed by atoms with Gasteiger partial charge < -0.3 is 5.73 Å². The normalized spacial score (nSPS) is 10.4. The number of amides is 1. The van der Waals surface area contributed by atoms with Crippen LogP contribution in [0.25, 0.3) is 10.9 Å². The number of rotatable bonds is 1. The molecule has 5 N–H and O–H groups in total. The second kappa shape index (κ2) is 3.96. The fraction of sp³-hybridized carbons (Fsp3) is 0. The minimum absolute atomic E-state index is 0.234. The summed E-state index contributed by atoms with van der Waals surface area (Å²) in [6.45, 7) is 0. The molecule has 1 amide bonds. The molecule has 0 aliphatic carbocycles. The van der Waals surface area contributed by atoms with Gasteiger partial charge in [0, 0.05) is 16.6 Å².